The van der Waals surface area contributed by atoms with E-state index < -0.39 is 0 Å². The van der Waals surface area contributed by atoms with Crippen LogP contribution in [0.15, 0.2) is 0 Å². The molecular formula is C17H34O4. The van der Waals surface area contributed by atoms with Gasteiger partial charge in [-0.25, -0.2) is 19.6 Å². The summed E-state index contributed by atoms with van der Waals surface area (Å²) in [5.41, 5.74) is -0.307. The van der Waals surface area contributed by atoms with Gasteiger partial charge in [0.2, 0.25) is 0 Å². The zero-order valence-electron chi connectivity index (χ0n) is 15.1. The largest absolute Gasteiger partial charge is 0.236 e. The van der Waals surface area contributed by atoms with E-state index >= 15 is 0 Å². The van der Waals surface area contributed by atoms with E-state index in [1.54, 1.807) is 0 Å². The van der Waals surface area contributed by atoms with Crippen molar-refractivity contribution in [1.82, 2.24) is 0 Å². The SMILES string of the molecule is CC1(C)CC(COOC(C)(C)C)CC(OOC(C)(C)C)C1. The van der Waals surface area contributed by atoms with E-state index in [-0.39, 0.29) is 22.7 Å². The fourth-order valence-corrected chi connectivity index (χ4v) is 2.74. The van der Waals surface area contributed by atoms with Crippen LogP contribution in [0, 0.1) is 11.3 Å². The summed E-state index contributed by atoms with van der Waals surface area (Å²) in [6.07, 6.45) is 3.21. The molecule has 2 atom stereocenters. The highest BCUT2D eigenvalue weighted by Gasteiger charge is 2.36. The van der Waals surface area contributed by atoms with Gasteiger partial charge in [-0.3, -0.25) is 0 Å². The smallest absolute Gasteiger partial charge is 0.0952 e. The summed E-state index contributed by atoms with van der Waals surface area (Å²) in [6.45, 7) is 17.1. The van der Waals surface area contributed by atoms with Crippen LogP contribution < -0.4 is 0 Å². The van der Waals surface area contributed by atoms with Crippen LogP contribution >= 0.6 is 0 Å². The van der Waals surface area contributed by atoms with E-state index in [9.17, 15) is 0 Å². The van der Waals surface area contributed by atoms with Gasteiger partial charge in [-0.05, 0) is 72.1 Å². The number of hydrogen-bond donors (Lipinski definition) is 0. The van der Waals surface area contributed by atoms with Crippen LogP contribution in [-0.2, 0) is 19.6 Å². The topological polar surface area (TPSA) is 36.9 Å². The Morgan fingerprint density at radius 2 is 1.48 bits per heavy atom. The van der Waals surface area contributed by atoms with E-state index in [0.717, 1.165) is 19.3 Å². The summed E-state index contributed by atoms with van der Waals surface area (Å²) in [4.78, 5) is 22.0. The number of rotatable bonds is 5. The lowest BCUT2D eigenvalue weighted by molar-refractivity contribution is -0.386. The summed E-state index contributed by atoms with van der Waals surface area (Å²) in [5.74, 6) is 0.435. The molecule has 4 nitrogen and oxygen atoms in total. The molecule has 1 fully saturated rings. The van der Waals surface area contributed by atoms with Crippen molar-refractivity contribution in [2.75, 3.05) is 6.61 Å². The molecule has 4 heteroatoms. The van der Waals surface area contributed by atoms with Crippen molar-refractivity contribution < 1.29 is 19.6 Å². The molecule has 0 saturated heterocycles. The molecule has 1 aliphatic carbocycles. The minimum Gasteiger partial charge on any atom is -0.236 e. The van der Waals surface area contributed by atoms with Crippen LogP contribution in [0.2, 0.25) is 0 Å². The predicted molar refractivity (Wildman–Crippen MR) is 83.6 cm³/mol. The van der Waals surface area contributed by atoms with Crippen molar-refractivity contribution in [2.24, 2.45) is 11.3 Å². The molecule has 0 N–H and O–H groups in total. The lowest BCUT2D eigenvalue weighted by Gasteiger charge is -2.39. The van der Waals surface area contributed by atoms with Crippen molar-refractivity contribution in [1.29, 1.82) is 0 Å². The Morgan fingerprint density at radius 3 is 2.00 bits per heavy atom. The van der Waals surface area contributed by atoms with Gasteiger partial charge in [0.1, 0.15) is 0 Å². The summed E-state index contributed by atoms with van der Waals surface area (Å²) in [7, 11) is 0. The molecule has 126 valence electrons. The molecule has 0 radical (unpaired) electrons. The molecule has 0 aromatic rings. The Morgan fingerprint density at radius 1 is 0.905 bits per heavy atom. The van der Waals surface area contributed by atoms with E-state index in [1.165, 1.54) is 0 Å². The maximum Gasteiger partial charge on any atom is 0.0952 e. The Balaban J connectivity index is 2.46. The first-order valence-corrected chi connectivity index (χ1v) is 8.01. The summed E-state index contributed by atoms with van der Waals surface area (Å²) in [6, 6.07) is 0. The second-order valence-electron chi connectivity index (χ2n) is 9.07. The molecular weight excluding hydrogens is 268 g/mol. The molecule has 0 aromatic carbocycles. The third-order valence-corrected chi connectivity index (χ3v) is 3.26. The molecule has 0 aromatic heterocycles. The van der Waals surface area contributed by atoms with Crippen molar-refractivity contribution >= 4 is 0 Å². The third-order valence-electron chi connectivity index (χ3n) is 3.26. The molecule has 0 aliphatic heterocycles. The molecule has 0 amide bonds. The van der Waals surface area contributed by atoms with Crippen LogP contribution in [0.1, 0.15) is 74.7 Å². The molecule has 2 unspecified atom stereocenters. The van der Waals surface area contributed by atoms with E-state index in [4.69, 9.17) is 19.6 Å². The lowest BCUT2D eigenvalue weighted by atomic mass is 9.71. The zero-order chi connectivity index (χ0) is 16.3. The zero-order valence-corrected chi connectivity index (χ0v) is 15.1. The molecule has 0 bridgehead atoms. The fraction of sp³-hybridized carbons (Fsp3) is 1.00. The molecule has 1 aliphatic rings. The van der Waals surface area contributed by atoms with Crippen molar-refractivity contribution in [2.45, 2.75) is 92.0 Å². The van der Waals surface area contributed by atoms with Gasteiger partial charge in [-0.15, -0.1) is 0 Å². The van der Waals surface area contributed by atoms with E-state index in [1.807, 2.05) is 41.5 Å². The highest BCUT2D eigenvalue weighted by atomic mass is 17.2. The second-order valence-corrected chi connectivity index (χ2v) is 9.07. The third kappa shape index (κ3) is 8.77. The van der Waals surface area contributed by atoms with E-state index in [0.29, 0.717) is 12.5 Å². The summed E-state index contributed by atoms with van der Waals surface area (Å²) in [5, 5.41) is 0. The van der Waals surface area contributed by atoms with Crippen LogP contribution in [-0.4, -0.2) is 23.9 Å². The quantitative estimate of drug-likeness (QED) is 0.546. The summed E-state index contributed by atoms with van der Waals surface area (Å²) < 4.78 is 0. The van der Waals surface area contributed by atoms with Crippen LogP contribution in [0.5, 0.6) is 0 Å². The van der Waals surface area contributed by atoms with Crippen molar-refractivity contribution in [3.05, 3.63) is 0 Å². The highest BCUT2D eigenvalue weighted by molar-refractivity contribution is 4.84. The van der Waals surface area contributed by atoms with Gasteiger partial charge < -0.3 is 0 Å². The first kappa shape index (κ1) is 18.9. The van der Waals surface area contributed by atoms with Gasteiger partial charge in [0, 0.05) is 0 Å². The number of hydrogen-bond acceptors (Lipinski definition) is 4. The van der Waals surface area contributed by atoms with Crippen molar-refractivity contribution in [3.8, 4) is 0 Å². The molecule has 1 rings (SSSR count). The maximum absolute atomic E-state index is 5.66. The van der Waals surface area contributed by atoms with Gasteiger partial charge in [-0.2, -0.15) is 0 Å². The van der Waals surface area contributed by atoms with Crippen LogP contribution in [0.3, 0.4) is 0 Å². The standard InChI is InChI=1S/C17H34O4/c1-15(2,3)20-18-12-13-9-14(11-17(7,8)10-13)19-21-16(4,5)6/h13-14H,9-12H2,1-8H3. The van der Waals surface area contributed by atoms with Crippen LogP contribution in [0.25, 0.3) is 0 Å². The van der Waals surface area contributed by atoms with Gasteiger partial charge >= 0.3 is 0 Å². The van der Waals surface area contributed by atoms with Gasteiger partial charge in [-0.1, -0.05) is 13.8 Å². The first-order valence-electron chi connectivity index (χ1n) is 8.01. The summed E-state index contributed by atoms with van der Waals surface area (Å²) >= 11 is 0. The highest BCUT2D eigenvalue weighted by Crippen LogP contribution is 2.40. The minimum absolute atomic E-state index is 0.121. The Labute approximate surface area is 130 Å². The van der Waals surface area contributed by atoms with Gasteiger partial charge in [0.05, 0.1) is 23.9 Å². The molecule has 1 saturated carbocycles. The average Bonchev–Trinajstić information content (AvgIpc) is 2.21. The average molecular weight is 302 g/mol. The molecule has 0 heterocycles. The Bertz CT molecular complexity index is 312. The first-order chi connectivity index (χ1) is 9.36. The molecule has 0 spiro atoms. The lowest BCUT2D eigenvalue weighted by Crippen LogP contribution is -2.37. The van der Waals surface area contributed by atoms with Crippen molar-refractivity contribution in [3.63, 3.8) is 0 Å². The van der Waals surface area contributed by atoms with Crippen LogP contribution in [0.4, 0.5) is 0 Å². The van der Waals surface area contributed by atoms with Gasteiger partial charge in [0.15, 0.2) is 0 Å². The Hall–Kier alpha value is -0.160. The van der Waals surface area contributed by atoms with Gasteiger partial charge in [0.25, 0.3) is 0 Å². The Kier molecular flexibility index (Phi) is 6.25. The van der Waals surface area contributed by atoms with E-state index in [2.05, 4.69) is 13.8 Å². The fourth-order valence-electron chi connectivity index (χ4n) is 2.74. The monoisotopic (exact) mass is 302 g/mol. The normalized spacial score (nSPS) is 26.9. The minimum atomic E-state index is -0.275. The second kappa shape index (κ2) is 6.95. The maximum atomic E-state index is 5.66. The molecule has 21 heavy (non-hydrogen) atoms. The predicted octanol–water partition coefficient (Wildman–Crippen LogP) is 4.67.